The molecule has 5 nitrogen and oxygen atoms in total. The topological polar surface area (TPSA) is 60.7 Å². The summed E-state index contributed by atoms with van der Waals surface area (Å²) < 4.78 is 44.8. The maximum atomic E-state index is 13.0. The van der Waals surface area contributed by atoms with E-state index in [9.17, 15) is 13.2 Å². The highest BCUT2D eigenvalue weighted by Gasteiger charge is 2.32. The molecule has 1 fully saturated rings. The Hall–Kier alpha value is -3.05. The number of hydrogen-bond donors (Lipinski definition) is 1. The number of rotatable bonds is 3. The summed E-state index contributed by atoms with van der Waals surface area (Å²) in [6.45, 7) is 1.83. The first-order valence-corrected chi connectivity index (χ1v) is 9.14. The van der Waals surface area contributed by atoms with Crippen molar-refractivity contribution >= 4 is 5.96 Å². The van der Waals surface area contributed by atoms with E-state index >= 15 is 0 Å². The van der Waals surface area contributed by atoms with Gasteiger partial charge in [-0.05, 0) is 35.4 Å². The molecule has 1 aliphatic rings. The van der Waals surface area contributed by atoms with E-state index in [1.165, 1.54) is 6.07 Å². The van der Waals surface area contributed by atoms with E-state index in [0.29, 0.717) is 43.3 Å². The Bertz CT molecular complexity index is 921. The highest BCUT2D eigenvalue weighted by Crippen LogP contribution is 2.32. The van der Waals surface area contributed by atoms with Crippen molar-refractivity contribution in [3.8, 4) is 6.07 Å². The number of morpholine rings is 1. The van der Waals surface area contributed by atoms with Crippen LogP contribution >= 0.6 is 0 Å². The minimum absolute atomic E-state index is 0.380. The van der Waals surface area contributed by atoms with Crippen molar-refractivity contribution in [2.45, 2.75) is 18.8 Å². The molecule has 8 heteroatoms. The number of alkyl halides is 3. The zero-order chi connectivity index (χ0) is 20.9. The Morgan fingerprint density at radius 2 is 2.07 bits per heavy atom. The van der Waals surface area contributed by atoms with Gasteiger partial charge in [-0.15, -0.1) is 0 Å². The van der Waals surface area contributed by atoms with Crippen molar-refractivity contribution < 1.29 is 17.9 Å². The van der Waals surface area contributed by atoms with Crippen LogP contribution in [0.2, 0.25) is 0 Å². The first-order valence-electron chi connectivity index (χ1n) is 9.14. The highest BCUT2D eigenvalue weighted by molar-refractivity contribution is 5.80. The maximum Gasteiger partial charge on any atom is 0.416 e. The molecule has 0 spiro atoms. The van der Waals surface area contributed by atoms with Gasteiger partial charge in [0.2, 0.25) is 0 Å². The van der Waals surface area contributed by atoms with Crippen LogP contribution in [-0.2, 0) is 17.5 Å². The summed E-state index contributed by atoms with van der Waals surface area (Å²) in [4.78, 5) is 6.25. The van der Waals surface area contributed by atoms with E-state index in [-0.39, 0.29) is 0 Å². The summed E-state index contributed by atoms with van der Waals surface area (Å²) >= 11 is 0. The van der Waals surface area contributed by atoms with Gasteiger partial charge in [-0.1, -0.05) is 24.3 Å². The van der Waals surface area contributed by atoms with Gasteiger partial charge in [0.25, 0.3) is 0 Å². The van der Waals surface area contributed by atoms with Crippen LogP contribution < -0.4 is 5.32 Å². The number of nitrogens with one attached hydrogen (secondary N) is 1. The quantitative estimate of drug-likeness (QED) is 0.628. The Morgan fingerprint density at radius 3 is 2.79 bits per heavy atom. The summed E-state index contributed by atoms with van der Waals surface area (Å²) in [6, 6.07) is 14.6. The van der Waals surface area contributed by atoms with Gasteiger partial charge < -0.3 is 15.0 Å². The molecule has 3 rings (SSSR count). The molecule has 1 unspecified atom stereocenters. The minimum atomic E-state index is -4.39. The van der Waals surface area contributed by atoms with Gasteiger partial charge in [-0.25, -0.2) is 0 Å². The Morgan fingerprint density at radius 1 is 1.28 bits per heavy atom. The van der Waals surface area contributed by atoms with Crippen molar-refractivity contribution in [1.29, 1.82) is 5.26 Å². The van der Waals surface area contributed by atoms with Gasteiger partial charge >= 0.3 is 6.18 Å². The lowest BCUT2D eigenvalue weighted by Gasteiger charge is -2.35. The number of ether oxygens (including phenoxy) is 1. The smallest absolute Gasteiger partial charge is 0.370 e. The normalized spacial score (nSPS) is 17.7. The van der Waals surface area contributed by atoms with Gasteiger partial charge in [0.1, 0.15) is 6.10 Å². The fourth-order valence-corrected chi connectivity index (χ4v) is 3.22. The third-order valence-electron chi connectivity index (χ3n) is 4.67. The second kappa shape index (κ2) is 8.97. The highest BCUT2D eigenvalue weighted by atomic mass is 19.4. The van der Waals surface area contributed by atoms with Crippen LogP contribution in [-0.4, -0.2) is 37.6 Å². The number of benzene rings is 2. The molecule has 1 aliphatic heterocycles. The zero-order valence-corrected chi connectivity index (χ0v) is 15.9. The molecule has 0 radical (unpaired) electrons. The SMILES string of the molecule is CN=C(NCc1cccc(C#N)c1)N1CCOC(c2cccc(C(F)(F)F)c2)C1. The third kappa shape index (κ3) is 5.27. The number of nitrogens with zero attached hydrogens (tertiary/aromatic N) is 3. The summed E-state index contributed by atoms with van der Waals surface area (Å²) in [6.07, 6.45) is -4.87. The van der Waals surface area contributed by atoms with Crippen molar-refractivity contribution in [3.05, 3.63) is 70.8 Å². The van der Waals surface area contributed by atoms with E-state index in [2.05, 4.69) is 16.4 Å². The zero-order valence-electron chi connectivity index (χ0n) is 15.9. The lowest BCUT2D eigenvalue weighted by atomic mass is 10.0. The van der Waals surface area contributed by atoms with Crippen LogP contribution in [0.4, 0.5) is 13.2 Å². The molecule has 0 amide bonds. The van der Waals surface area contributed by atoms with Crippen molar-refractivity contribution in [1.82, 2.24) is 10.2 Å². The van der Waals surface area contributed by atoms with Crippen molar-refractivity contribution in [2.75, 3.05) is 26.7 Å². The molecule has 2 aromatic rings. The summed E-state index contributed by atoms with van der Waals surface area (Å²) in [5.41, 5.74) is 1.32. The van der Waals surface area contributed by atoms with E-state index in [1.807, 2.05) is 17.0 Å². The van der Waals surface area contributed by atoms with E-state index in [0.717, 1.165) is 17.7 Å². The second-order valence-electron chi connectivity index (χ2n) is 6.64. The van der Waals surface area contributed by atoms with E-state index < -0.39 is 17.8 Å². The van der Waals surface area contributed by atoms with Gasteiger partial charge in [0, 0.05) is 20.1 Å². The Kier molecular flexibility index (Phi) is 6.39. The molecule has 1 heterocycles. The maximum absolute atomic E-state index is 13.0. The van der Waals surface area contributed by atoms with Gasteiger partial charge in [-0.2, -0.15) is 18.4 Å². The van der Waals surface area contributed by atoms with Crippen LogP contribution in [0.5, 0.6) is 0 Å². The average molecular weight is 402 g/mol. The predicted octanol–water partition coefficient (Wildman–Crippen LogP) is 3.73. The van der Waals surface area contributed by atoms with Gasteiger partial charge in [0.05, 0.1) is 30.3 Å². The lowest BCUT2D eigenvalue weighted by molar-refractivity contribution is -0.137. The van der Waals surface area contributed by atoms with Crippen LogP contribution in [0.3, 0.4) is 0 Å². The third-order valence-corrected chi connectivity index (χ3v) is 4.67. The first-order chi connectivity index (χ1) is 13.9. The Balaban J connectivity index is 1.68. The molecule has 29 heavy (non-hydrogen) atoms. The molecule has 1 N–H and O–H groups in total. The van der Waals surface area contributed by atoms with Crippen molar-refractivity contribution in [3.63, 3.8) is 0 Å². The molecule has 152 valence electrons. The molecule has 2 aromatic carbocycles. The summed E-state index contributed by atoms with van der Waals surface area (Å²) in [5, 5.41) is 12.3. The van der Waals surface area contributed by atoms with Crippen LogP contribution in [0.1, 0.15) is 28.4 Å². The molecule has 1 atom stereocenters. The largest absolute Gasteiger partial charge is 0.416 e. The fourth-order valence-electron chi connectivity index (χ4n) is 3.22. The van der Waals surface area contributed by atoms with Crippen LogP contribution in [0, 0.1) is 11.3 Å². The fraction of sp³-hybridized carbons (Fsp3) is 0.333. The van der Waals surface area contributed by atoms with E-state index in [1.54, 1.807) is 25.2 Å². The molecule has 0 aliphatic carbocycles. The first kappa shape index (κ1) is 20.7. The van der Waals surface area contributed by atoms with Crippen molar-refractivity contribution in [2.24, 2.45) is 4.99 Å². The van der Waals surface area contributed by atoms with E-state index in [4.69, 9.17) is 10.00 Å². The van der Waals surface area contributed by atoms with Crippen LogP contribution in [0.15, 0.2) is 53.5 Å². The predicted molar refractivity (Wildman–Crippen MR) is 103 cm³/mol. The minimum Gasteiger partial charge on any atom is -0.370 e. The monoisotopic (exact) mass is 402 g/mol. The molecule has 1 saturated heterocycles. The number of aliphatic imine (C=N–C) groups is 1. The molecule has 0 aromatic heterocycles. The number of halogens is 3. The lowest BCUT2D eigenvalue weighted by Crippen LogP contribution is -2.48. The summed E-state index contributed by atoms with van der Waals surface area (Å²) in [5.74, 6) is 0.632. The number of nitriles is 1. The number of guanidine groups is 1. The summed E-state index contributed by atoms with van der Waals surface area (Å²) in [7, 11) is 1.66. The molecule has 0 saturated carbocycles. The second-order valence-corrected chi connectivity index (χ2v) is 6.64. The van der Waals surface area contributed by atoms with Gasteiger partial charge in [0.15, 0.2) is 5.96 Å². The molecule has 0 bridgehead atoms. The molecular formula is C21H21F3N4O. The Labute approximate surface area is 167 Å². The average Bonchev–Trinajstić information content (AvgIpc) is 2.74. The standard InChI is InChI=1S/C21H21F3N4O/c1-26-20(27-13-16-5-2-4-15(10-16)12-25)28-8-9-29-19(14-28)17-6-3-7-18(11-17)21(22,23)24/h2-7,10-11,19H,8-9,13-14H2,1H3,(H,26,27). The van der Waals surface area contributed by atoms with Crippen LogP contribution in [0.25, 0.3) is 0 Å². The molecular weight excluding hydrogens is 381 g/mol. The van der Waals surface area contributed by atoms with Gasteiger partial charge in [-0.3, -0.25) is 4.99 Å². The number of hydrogen-bond acceptors (Lipinski definition) is 3.